The van der Waals surface area contributed by atoms with E-state index in [9.17, 15) is 0 Å². The minimum Gasteiger partial charge on any atom is -0.298 e. The molecule has 2 aliphatic rings. The van der Waals surface area contributed by atoms with Crippen LogP contribution in [0.4, 0.5) is 0 Å². The standard InChI is InChI=1S/C12H24N2/c1-11(2)13-7-9-14(10-8-13)12-5-3-4-6-12/h11-12H,3-10H2,1-2H3. The zero-order chi connectivity index (χ0) is 9.97. The lowest BCUT2D eigenvalue weighted by Gasteiger charge is -2.39. The van der Waals surface area contributed by atoms with Crippen molar-refractivity contribution in [3.8, 4) is 0 Å². The van der Waals surface area contributed by atoms with Crippen molar-refractivity contribution < 1.29 is 0 Å². The van der Waals surface area contributed by atoms with Crippen molar-refractivity contribution in [3.05, 3.63) is 0 Å². The summed E-state index contributed by atoms with van der Waals surface area (Å²) in [5, 5.41) is 0. The maximum Gasteiger partial charge on any atom is 0.0113 e. The lowest BCUT2D eigenvalue weighted by atomic mass is 10.1. The predicted octanol–water partition coefficient (Wildman–Crippen LogP) is 1.95. The van der Waals surface area contributed by atoms with Crippen molar-refractivity contribution in [2.24, 2.45) is 0 Å². The van der Waals surface area contributed by atoms with Crippen LogP contribution in [0.5, 0.6) is 0 Å². The molecule has 14 heavy (non-hydrogen) atoms. The van der Waals surface area contributed by atoms with E-state index in [-0.39, 0.29) is 0 Å². The minimum absolute atomic E-state index is 0.737. The van der Waals surface area contributed by atoms with Crippen molar-refractivity contribution >= 4 is 0 Å². The van der Waals surface area contributed by atoms with E-state index in [4.69, 9.17) is 0 Å². The molecule has 1 aliphatic heterocycles. The summed E-state index contributed by atoms with van der Waals surface area (Å²) in [4.78, 5) is 5.33. The summed E-state index contributed by atoms with van der Waals surface area (Å²) in [6, 6.07) is 1.67. The summed E-state index contributed by atoms with van der Waals surface area (Å²) >= 11 is 0. The third kappa shape index (κ3) is 2.29. The predicted molar refractivity (Wildman–Crippen MR) is 60.5 cm³/mol. The van der Waals surface area contributed by atoms with E-state index in [0.29, 0.717) is 0 Å². The van der Waals surface area contributed by atoms with Crippen LogP contribution in [-0.2, 0) is 0 Å². The van der Waals surface area contributed by atoms with Gasteiger partial charge in [0.15, 0.2) is 0 Å². The molecular weight excluding hydrogens is 172 g/mol. The first-order valence-electron chi connectivity index (χ1n) is 6.25. The molecule has 0 spiro atoms. The second-order valence-electron chi connectivity index (χ2n) is 5.10. The van der Waals surface area contributed by atoms with Crippen molar-refractivity contribution in [1.29, 1.82) is 0 Å². The van der Waals surface area contributed by atoms with Crippen LogP contribution in [0.25, 0.3) is 0 Å². The highest BCUT2D eigenvalue weighted by molar-refractivity contribution is 4.82. The van der Waals surface area contributed by atoms with Gasteiger partial charge in [-0.15, -0.1) is 0 Å². The van der Waals surface area contributed by atoms with Crippen LogP contribution in [0, 0.1) is 0 Å². The third-order valence-electron chi connectivity index (χ3n) is 3.92. The molecule has 2 nitrogen and oxygen atoms in total. The van der Waals surface area contributed by atoms with Crippen LogP contribution in [0.2, 0.25) is 0 Å². The van der Waals surface area contributed by atoms with Crippen LogP contribution in [0.3, 0.4) is 0 Å². The van der Waals surface area contributed by atoms with Gasteiger partial charge in [-0.1, -0.05) is 12.8 Å². The number of hydrogen-bond donors (Lipinski definition) is 0. The van der Waals surface area contributed by atoms with E-state index in [1.165, 1.54) is 51.9 Å². The summed E-state index contributed by atoms with van der Waals surface area (Å²) < 4.78 is 0. The van der Waals surface area contributed by atoms with Gasteiger partial charge in [0.1, 0.15) is 0 Å². The molecule has 0 radical (unpaired) electrons. The van der Waals surface area contributed by atoms with Crippen molar-refractivity contribution in [1.82, 2.24) is 9.80 Å². The Balaban J connectivity index is 1.77. The van der Waals surface area contributed by atoms with Crippen LogP contribution in [-0.4, -0.2) is 48.1 Å². The van der Waals surface area contributed by atoms with Crippen molar-refractivity contribution in [2.45, 2.75) is 51.6 Å². The Labute approximate surface area is 88.3 Å². The van der Waals surface area contributed by atoms with Gasteiger partial charge >= 0.3 is 0 Å². The fraction of sp³-hybridized carbons (Fsp3) is 1.00. The molecule has 2 rings (SSSR count). The van der Waals surface area contributed by atoms with Gasteiger partial charge in [0, 0.05) is 38.3 Å². The summed E-state index contributed by atoms with van der Waals surface area (Å²) in [6.07, 6.45) is 5.85. The van der Waals surface area contributed by atoms with Gasteiger partial charge in [0.05, 0.1) is 0 Å². The van der Waals surface area contributed by atoms with Gasteiger partial charge in [-0.25, -0.2) is 0 Å². The molecule has 2 heteroatoms. The average molecular weight is 196 g/mol. The maximum atomic E-state index is 2.73. The first-order chi connectivity index (χ1) is 6.77. The van der Waals surface area contributed by atoms with Crippen molar-refractivity contribution in [3.63, 3.8) is 0 Å². The van der Waals surface area contributed by atoms with E-state index >= 15 is 0 Å². The summed E-state index contributed by atoms with van der Waals surface area (Å²) in [7, 11) is 0. The van der Waals surface area contributed by atoms with E-state index in [2.05, 4.69) is 23.6 Å². The first kappa shape index (κ1) is 10.4. The van der Waals surface area contributed by atoms with E-state index < -0.39 is 0 Å². The minimum atomic E-state index is 0.737. The molecule has 1 heterocycles. The molecule has 0 atom stereocenters. The normalized spacial score (nSPS) is 27.6. The Morgan fingerprint density at radius 2 is 1.50 bits per heavy atom. The quantitative estimate of drug-likeness (QED) is 0.666. The monoisotopic (exact) mass is 196 g/mol. The summed E-state index contributed by atoms with van der Waals surface area (Å²) in [5.41, 5.74) is 0. The lowest BCUT2D eigenvalue weighted by molar-refractivity contribution is 0.0799. The highest BCUT2D eigenvalue weighted by Gasteiger charge is 2.26. The molecule has 1 saturated heterocycles. The van der Waals surface area contributed by atoms with Gasteiger partial charge in [0.2, 0.25) is 0 Å². The Kier molecular flexibility index (Phi) is 3.45. The molecular formula is C12H24N2. The lowest BCUT2D eigenvalue weighted by Crippen LogP contribution is -2.51. The molecule has 0 unspecified atom stereocenters. The summed E-state index contributed by atoms with van der Waals surface area (Å²) in [6.45, 7) is 9.81. The molecule has 1 aliphatic carbocycles. The fourth-order valence-electron chi connectivity index (χ4n) is 2.89. The molecule has 0 aromatic rings. The highest BCUT2D eigenvalue weighted by atomic mass is 15.3. The molecule has 0 N–H and O–H groups in total. The van der Waals surface area contributed by atoms with Crippen molar-refractivity contribution in [2.75, 3.05) is 26.2 Å². The molecule has 0 aromatic heterocycles. The number of nitrogens with zero attached hydrogens (tertiary/aromatic N) is 2. The van der Waals surface area contributed by atoms with Gasteiger partial charge in [-0.05, 0) is 26.7 Å². The zero-order valence-corrected chi connectivity index (χ0v) is 9.71. The second-order valence-corrected chi connectivity index (χ2v) is 5.10. The Hall–Kier alpha value is -0.0800. The first-order valence-corrected chi connectivity index (χ1v) is 6.25. The summed E-state index contributed by atoms with van der Waals surface area (Å²) in [5.74, 6) is 0. The number of hydrogen-bond acceptors (Lipinski definition) is 2. The largest absolute Gasteiger partial charge is 0.298 e. The Bertz CT molecular complexity index is 165. The van der Waals surface area contributed by atoms with Gasteiger partial charge in [-0.3, -0.25) is 9.80 Å². The number of rotatable bonds is 2. The number of piperazine rings is 1. The molecule has 82 valence electrons. The van der Waals surface area contributed by atoms with Crippen LogP contribution < -0.4 is 0 Å². The van der Waals surface area contributed by atoms with Crippen LogP contribution in [0.1, 0.15) is 39.5 Å². The maximum absolute atomic E-state index is 2.73. The van der Waals surface area contributed by atoms with Crippen LogP contribution in [0.15, 0.2) is 0 Å². The van der Waals surface area contributed by atoms with E-state index in [0.717, 1.165) is 12.1 Å². The average Bonchev–Trinajstić information content (AvgIpc) is 2.71. The molecule has 2 fully saturated rings. The topological polar surface area (TPSA) is 6.48 Å². The van der Waals surface area contributed by atoms with Gasteiger partial charge in [0.25, 0.3) is 0 Å². The molecule has 0 bridgehead atoms. The molecule has 0 amide bonds. The zero-order valence-electron chi connectivity index (χ0n) is 9.71. The van der Waals surface area contributed by atoms with Gasteiger partial charge in [-0.2, -0.15) is 0 Å². The van der Waals surface area contributed by atoms with Gasteiger partial charge < -0.3 is 0 Å². The fourth-order valence-corrected chi connectivity index (χ4v) is 2.89. The second kappa shape index (κ2) is 4.63. The molecule has 1 saturated carbocycles. The van der Waals surface area contributed by atoms with E-state index in [1.54, 1.807) is 0 Å². The van der Waals surface area contributed by atoms with E-state index in [1.807, 2.05) is 0 Å². The van der Waals surface area contributed by atoms with Crippen LogP contribution >= 0.6 is 0 Å². The Morgan fingerprint density at radius 1 is 0.929 bits per heavy atom. The molecule has 0 aromatic carbocycles. The third-order valence-corrected chi connectivity index (χ3v) is 3.92. The highest BCUT2D eigenvalue weighted by Crippen LogP contribution is 2.24. The Morgan fingerprint density at radius 3 is 2.00 bits per heavy atom. The SMILES string of the molecule is CC(C)N1CCN(C2CCCC2)CC1. The smallest absolute Gasteiger partial charge is 0.0113 e.